The highest BCUT2D eigenvalue weighted by Gasteiger charge is 2.32. The Morgan fingerprint density at radius 2 is 2.17 bits per heavy atom. The van der Waals surface area contributed by atoms with Gasteiger partial charge in [0.1, 0.15) is 5.75 Å². The average molecular weight is 257 g/mol. The summed E-state index contributed by atoms with van der Waals surface area (Å²) in [6, 6.07) is 3.88. The van der Waals surface area contributed by atoms with Crippen molar-refractivity contribution < 1.29 is 22.7 Å². The molecule has 1 amide bonds. The first-order valence-corrected chi connectivity index (χ1v) is 5.20. The van der Waals surface area contributed by atoms with E-state index < -0.39 is 6.36 Å². The highest BCUT2D eigenvalue weighted by atomic mass is 19.4. The quantitative estimate of drug-likeness (QED) is 0.779. The minimum atomic E-state index is -4.72. The molecule has 96 valence electrons. The van der Waals surface area contributed by atoms with E-state index in [1.807, 2.05) is 0 Å². The zero-order chi connectivity index (χ0) is 13.3. The van der Waals surface area contributed by atoms with Gasteiger partial charge in [-0.3, -0.25) is 4.79 Å². The standard InChI is InChI=1S/C12H10F3NO2/c1-2-5-16-10-4-3-9(18-12(13,14)15)6-8(10)7-11(16)17/h2-4,6H,1,5,7H2. The number of fused-ring (bicyclic) bond motifs is 1. The van der Waals surface area contributed by atoms with Crippen molar-refractivity contribution in [1.29, 1.82) is 0 Å². The Bertz CT molecular complexity index is 497. The fourth-order valence-electron chi connectivity index (χ4n) is 1.89. The van der Waals surface area contributed by atoms with Crippen LogP contribution < -0.4 is 9.64 Å². The minimum absolute atomic E-state index is 0.0816. The molecular weight excluding hydrogens is 247 g/mol. The maximum absolute atomic E-state index is 12.1. The van der Waals surface area contributed by atoms with Crippen molar-refractivity contribution >= 4 is 11.6 Å². The zero-order valence-corrected chi connectivity index (χ0v) is 9.33. The van der Waals surface area contributed by atoms with Crippen molar-refractivity contribution in [2.75, 3.05) is 11.4 Å². The van der Waals surface area contributed by atoms with E-state index in [1.54, 1.807) is 6.08 Å². The van der Waals surface area contributed by atoms with Crippen molar-refractivity contribution in [2.45, 2.75) is 12.8 Å². The molecule has 0 N–H and O–H groups in total. The first-order valence-electron chi connectivity index (χ1n) is 5.20. The maximum Gasteiger partial charge on any atom is 0.573 e. The number of anilines is 1. The number of hydrogen-bond donors (Lipinski definition) is 0. The lowest BCUT2D eigenvalue weighted by molar-refractivity contribution is -0.274. The minimum Gasteiger partial charge on any atom is -0.406 e. The third-order valence-electron chi connectivity index (χ3n) is 2.53. The van der Waals surface area contributed by atoms with E-state index in [1.165, 1.54) is 23.1 Å². The Morgan fingerprint density at radius 1 is 1.44 bits per heavy atom. The van der Waals surface area contributed by atoms with E-state index in [0.717, 1.165) is 0 Å². The Hall–Kier alpha value is -1.98. The molecule has 3 nitrogen and oxygen atoms in total. The SMILES string of the molecule is C=CCN1C(=O)Cc2cc(OC(F)(F)F)ccc21. The predicted octanol–water partition coefficient (Wildman–Crippen LogP) is 2.66. The van der Waals surface area contributed by atoms with Crippen LogP contribution in [-0.2, 0) is 11.2 Å². The molecule has 0 spiro atoms. The summed E-state index contributed by atoms with van der Waals surface area (Å²) in [7, 11) is 0. The summed E-state index contributed by atoms with van der Waals surface area (Å²) in [4.78, 5) is 13.1. The first-order chi connectivity index (χ1) is 8.40. The molecule has 1 aliphatic rings. The fraction of sp³-hybridized carbons (Fsp3) is 0.250. The number of alkyl halides is 3. The van der Waals surface area contributed by atoms with Crippen molar-refractivity contribution in [3.05, 3.63) is 36.4 Å². The van der Waals surface area contributed by atoms with Crippen molar-refractivity contribution in [3.63, 3.8) is 0 Å². The molecule has 0 unspecified atom stereocenters. The summed E-state index contributed by atoms with van der Waals surface area (Å²) in [5.74, 6) is -0.469. The Morgan fingerprint density at radius 3 is 2.78 bits per heavy atom. The van der Waals surface area contributed by atoms with Crippen LogP contribution >= 0.6 is 0 Å². The largest absolute Gasteiger partial charge is 0.573 e. The Labute approximate surface area is 101 Å². The molecule has 2 rings (SSSR count). The number of amides is 1. The van der Waals surface area contributed by atoms with E-state index in [-0.39, 0.29) is 18.1 Å². The van der Waals surface area contributed by atoms with Crippen LogP contribution in [0.1, 0.15) is 5.56 Å². The van der Waals surface area contributed by atoms with Gasteiger partial charge in [-0.05, 0) is 23.8 Å². The predicted molar refractivity (Wildman–Crippen MR) is 59.4 cm³/mol. The third-order valence-corrected chi connectivity index (χ3v) is 2.53. The summed E-state index contributed by atoms with van der Waals surface area (Å²) in [6.07, 6.45) is -3.08. The molecule has 0 aromatic heterocycles. The van der Waals surface area contributed by atoms with E-state index in [9.17, 15) is 18.0 Å². The molecule has 0 atom stereocenters. The van der Waals surface area contributed by atoms with Crippen LogP contribution in [0.4, 0.5) is 18.9 Å². The Kier molecular flexibility index (Phi) is 3.02. The lowest BCUT2D eigenvalue weighted by Gasteiger charge is -2.15. The molecule has 1 aromatic carbocycles. The van der Waals surface area contributed by atoms with E-state index in [2.05, 4.69) is 11.3 Å². The lowest BCUT2D eigenvalue weighted by atomic mass is 10.1. The van der Waals surface area contributed by atoms with Gasteiger partial charge in [-0.2, -0.15) is 0 Å². The number of halogens is 3. The number of carbonyl (C=O) groups excluding carboxylic acids is 1. The highest BCUT2D eigenvalue weighted by molar-refractivity contribution is 6.01. The summed E-state index contributed by atoms with van der Waals surface area (Å²) in [6.45, 7) is 3.87. The second-order valence-corrected chi connectivity index (χ2v) is 3.81. The van der Waals surface area contributed by atoms with Crippen molar-refractivity contribution in [3.8, 4) is 5.75 Å². The van der Waals surface area contributed by atoms with Gasteiger partial charge < -0.3 is 9.64 Å². The number of rotatable bonds is 3. The second kappa shape index (κ2) is 4.36. The summed E-state index contributed by atoms with van der Waals surface area (Å²) in [5.41, 5.74) is 1.14. The zero-order valence-electron chi connectivity index (χ0n) is 9.33. The van der Waals surface area contributed by atoms with Gasteiger partial charge in [0.15, 0.2) is 0 Å². The molecule has 0 fully saturated rings. The van der Waals surface area contributed by atoms with Crippen LogP contribution in [0.2, 0.25) is 0 Å². The van der Waals surface area contributed by atoms with E-state index in [0.29, 0.717) is 17.8 Å². The molecule has 0 saturated carbocycles. The number of benzene rings is 1. The molecule has 1 heterocycles. The van der Waals surface area contributed by atoms with E-state index in [4.69, 9.17) is 0 Å². The molecule has 1 aromatic rings. The van der Waals surface area contributed by atoms with Gasteiger partial charge in [-0.25, -0.2) is 0 Å². The number of ether oxygens (including phenoxy) is 1. The van der Waals surface area contributed by atoms with Gasteiger partial charge in [0.2, 0.25) is 5.91 Å². The average Bonchev–Trinajstić information content (AvgIpc) is 2.53. The van der Waals surface area contributed by atoms with Crippen LogP contribution in [0.15, 0.2) is 30.9 Å². The van der Waals surface area contributed by atoms with Gasteiger partial charge in [-0.15, -0.1) is 19.8 Å². The molecule has 0 aliphatic carbocycles. The molecule has 6 heteroatoms. The number of carbonyl (C=O) groups is 1. The number of hydrogen-bond acceptors (Lipinski definition) is 2. The smallest absolute Gasteiger partial charge is 0.406 e. The molecule has 18 heavy (non-hydrogen) atoms. The lowest BCUT2D eigenvalue weighted by Crippen LogP contribution is -2.26. The molecule has 0 radical (unpaired) electrons. The normalized spacial score (nSPS) is 14.6. The van der Waals surface area contributed by atoms with Gasteiger partial charge in [0.05, 0.1) is 6.42 Å². The molecule has 0 saturated heterocycles. The highest BCUT2D eigenvalue weighted by Crippen LogP contribution is 2.33. The maximum atomic E-state index is 12.1. The van der Waals surface area contributed by atoms with Gasteiger partial charge in [0, 0.05) is 12.2 Å². The molecule has 0 bridgehead atoms. The van der Waals surface area contributed by atoms with Crippen LogP contribution in [-0.4, -0.2) is 18.8 Å². The summed E-state index contributed by atoms with van der Waals surface area (Å²) in [5, 5.41) is 0. The number of nitrogens with zero attached hydrogens (tertiary/aromatic N) is 1. The molecular formula is C12H10F3NO2. The van der Waals surface area contributed by atoms with Crippen LogP contribution in [0.25, 0.3) is 0 Å². The fourth-order valence-corrected chi connectivity index (χ4v) is 1.89. The van der Waals surface area contributed by atoms with Crippen molar-refractivity contribution in [1.82, 2.24) is 0 Å². The molecule has 1 aliphatic heterocycles. The van der Waals surface area contributed by atoms with Crippen LogP contribution in [0, 0.1) is 0 Å². The van der Waals surface area contributed by atoms with Gasteiger partial charge in [0.25, 0.3) is 0 Å². The second-order valence-electron chi connectivity index (χ2n) is 3.81. The van der Waals surface area contributed by atoms with E-state index >= 15 is 0 Å². The Balaban J connectivity index is 2.27. The van der Waals surface area contributed by atoms with Crippen LogP contribution in [0.5, 0.6) is 5.75 Å². The monoisotopic (exact) mass is 257 g/mol. The summed E-state index contributed by atoms with van der Waals surface area (Å²) >= 11 is 0. The summed E-state index contributed by atoms with van der Waals surface area (Å²) < 4.78 is 40.0. The van der Waals surface area contributed by atoms with Crippen molar-refractivity contribution in [2.24, 2.45) is 0 Å². The third kappa shape index (κ3) is 2.47. The van der Waals surface area contributed by atoms with Crippen LogP contribution in [0.3, 0.4) is 0 Å². The first kappa shape index (κ1) is 12.5. The van der Waals surface area contributed by atoms with Gasteiger partial charge in [-0.1, -0.05) is 6.08 Å². The topological polar surface area (TPSA) is 29.5 Å². The van der Waals surface area contributed by atoms with Gasteiger partial charge >= 0.3 is 6.36 Å².